The summed E-state index contributed by atoms with van der Waals surface area (Å²) >= 11 is 0. The smallest absolute Gasteiger partial charge is 0.251 e. The molecule has 2 aliphatic rings. The SMILES string of the molecule is CCC1C(C)C(Nc2ccc(F)cn2)c2cc(C(=O)NC3CCOCC3)ccc2N1C(C)=O. The Morgan fingerprint density at radius 3 is 2.61 bits per heavy atom. The Labute approximate surface area is 193 Å². The zero-order valence-corrected chi connectivity index (χ0v) is 19.3. The maximum atomic E-state index is 13.4. The molecule has 2 amide bonds. The third-order valence-corrected chi connectivity index (χ3v) is 6.69. The minimum absolute atomic E-state index is 0.0186. The highest BCUT2D eigenvalue weighted by Gasteiger charge is 2.40. The summed E-state index contributed by atoms with van der Waals surface area (Å²) in [5.41, 5.74) is 2.19. The fraction of sp³-hybridized carbons (Fsp3) is 0.480. The van der Waals surface area contributed by atoms with Gasteiger partial charge in [-0.25, -0.2) is 9.37 Å². The number of hydrogen-bond donors (Lipinski definition) is 2. The number of carbonyl (C=O) groups is 2. The molecular formula is C25H31FN4O3. The van der Waals surface area contributed by atoms with Gasteiger partial charge in [0.15, 0.2) is 0 Å². The van der Waals surface area contributed by atoms with Crippen molar-refractivity contribution >= 4 is 23.3 Å². The summed E-state index contributed by atoms with van der Waals surface area (Å²) in [5, 5.41) is 6.53. The van der Waals surface area contributed by atoms with E-state index in [0.29, 0.717) is 24.6 Å². The Bertz CT molecular complexity index is 1010. The van der Waals surface area contributed by atoms with Gasteiger partial charge in [-0.1, -0.05) is 13.8 Å². The Morgan fingerprint density at radius 1 is 1.21 bits per heavy atom. The van der Waals surface area contributed by atoms with Crippen LogP contribution in [0.3, 0.4) is 0 Å². The van der Waals surface area contributed by atoms with Crippen LogP contribution in [0, 0.1) is 11.7 Å². The summed E-state index contributed by atoms with van der Waals surface area (Å²) in [6, 6.07) is 8.34. The first kappa shape index (κ1) is 23.2. The van der Waals surface area contributed by atoms with Gasteiger partial charge >= 0.3 is 0 Å². The molecule has 3 atom stereocenters. The van der Waals surface area contributed by atoms with Crippen LogP contribution in [0.5, 0.6) is 0 Å². The van der Waals surface area contributed by atoms with E-state index in [2.05, 4.69) is 29.5 Å². The van der Waals surface area contributed by atoms with E-state index in [4.69, 9.17) is 4.74 Å². The number of amides is 2. The first-order chi connectivity index (χ1) is 15.9. The molecule has 1 saturated heterocycles. The monoisotopic (exact) mass is 454 g/mol. The highest BCUT2D eigenvalue weighted by molar-refractivity contribution is 5.98. The van der Waals surface area contributed by atoms with Gasteiger partial charge in [0.2, 0.25) is 5.91 Å². The van der Waals surface area contributed by atoms with Crippen LogP contribution in [-0.4, -0.2) is 42.1 Å². The largest absolute Gasteiger partial charge is 0.381 e. The summed E-state index contributed by atoms with van der Waals surface area (Å²) < 4.78 is 18.8. The number of benzene rings is 1. The summed E-state index contributed by atoms with van der Waals surface area (Å²) in [7, 11) is 0. The van der Waals surface area contributed by atoms with Gasteiger partial charge in [0, 0.05) is 49.4 Å². The van der Waals surface area contributed by atoms with E-state index >= 15 is 0 Å². The van der Waals surface area contributed by atoms with E-state index in [1.165, 1.54) is 12.3 Å². The van der Waals surface area contributed by atoms with Crippen LogP contribution in [-0.2, 0) is 9.53 Å². The average Bonchev–Trinajstić information content (AvgIpc) is 2.81. The molecule has 2 aromatic rings. The number of ether oxygens (including phenoxy) is 1. The van der Waals surface area contributed by atoms with Gasteiger partial charge in [0.25, 0.3) is 5.91 Å². The molecule has 1 aromatic carbocycles. The second-order valence-corrected chi connectivity index (χ2v) is 8.84. The Balaban J connectivity index is 1.70. The number of hydrogen-bond acceptors (Lipinski definition) is 5. The van der Waals surface area contributed by atoms with Crippen molar-refractivity contribution in [1.82, 2.24) is 10.3 Å². The maximum Gasteiger partial charge on any atom is 0.251 e. The third-order valence-electron chi connectivity index (χ3n) is 6.69. The number of rotatable bonds is 5. The molecule has 0 saturated carbocycles. The van der Waals surface area contributed by atoms with Crippen LogP contribution in [0.15, 0.2) is 36.5 Å². The van der Waals surface area contributed by atoms with Crippen LogP contribution < -0.4 is 15.5 Å². The molecule has 0 spiro atoms. The number of nitrogens with zero attached hydrogens (tertiary/aromatic N) is 2. The lowest BCUT2D eigenvalue weighted by molar-refractivity contribution is -0.117. The minimum atomic E-state index is -0.404. The summed E-state index contributed by atoms with van der Waals surface area (Å²) in [5.74, 6) is 0.00376. The van der Waals surface area contributed by atoms with E-state index in [1.54, 1.807) is 19.1 Å². The Kier molecular flexibility index (Phi) is 6.93. The molecule has 0 bridgehead atoms. The lowest BCUT2D eigenvalue weighted by Crippen LogP contribution is -2.49. The van der Waals surface area contributed by atoms with Crippen molar-refractivity contribution in [2.75, 3.05) is 23.4 Å². The van der Waals surface area contributed by atoms with Crippen molar-refractivity contribution in [1.29, 1.82) is 0 Å². The molecule has 1 fully saturated rings. The molecule has 0 aliphatic carbocycles. The number of halogens is 1. The summed E-state index contributed by atoms with van der Waals surface area (Å²) in [6.07, 6.45) is 3.55. The quantitative estimate of drug-likeness (QED) is 0.712. The highest BCUT2D eigenvalue weighted by atomic mass is 19.1. The second-order valence-electron chi connectivity index (χ2n) is 8.84. The molecule has 8 heteroatoms. The summed E-state index contributed by atoms with van der Waals surface area (Å²) in [4.78, 5) is 31.6. The molecule has 176 valence electrons. The van der Waals surface area contributed by atoms with Crippen LogP contribution in [0.2, 0.25) is 0 Å². The molecule has 4 rings (SSSR count). The fourth-order valence-corrected chi connectivity index (χ4v) is 4.98. The van der Waals surface area contributed by atoms with Gasteiger partial charge in [-0.2, -0.15) is 0 Å². The van der Waals surface area contributed by atoms with Gasteiger partial charge in [0.05, 0.1) is 12.2 Å². The number of nitrogens with one attached hydrogen (secondary N) is 2. The minimum Gasteiger partial charge on any atom is -0.381 e. The first-order valence-corrected chi connectivity index (χ1v) is 11.6. The van der Waals surface area contributed by atoms with Crippen molar-refractivity contribution in [3.05, 3.63) is 53.5 Å². The predicted octanol–water partition coefficient (Wildman–Crippen LogP) is 4.06. The van der Waals surface area contributed by atoms with Gasteiger partial charge < -0.3 is 20.3 Å². The Morgan fingerprint density at radius 2 is 1.97 bits per heavy atom. The zero-order valence-electron chi connectivity index (χ0n) is 19.3. The molecule has 33 heavy (non-hydrogen) atoms. The van der Waals surface area contributed by atoms with Crippen molar-refractivity contribution in [3.63, 3.8) is 0 Å². The highest BCUT2D eigenvalue weighted by Crippen LogP contribution is 2.43. The van der Waals surface area contributed by atoms with E-state index in [1.807, 2.05) is 17.0 Å². The topological polar surface area (TPSA) is 83.6 Å². The van der Waals surface area contributed by atoms with Gasteiger partial charge in [-0.3, -0.25) is 9.59 Å². The number of carbonyl (C=O) groups excluding carboxylic acids is 2. The average molecular weight is 455 g/mol. The normalized spacial score (nSPS) is 23.0. The first-order valence-electron chi connectivity index (χ1n) is 11.6. The third kappa shape index (κ3) is 4.85. The van der Waals surface area contributed by atoms with Gasteiger partial charge in [0.1, 0.15) is 11.6 Å². The molecule has 7 nitrogen and oxygen atoms in total. The van der Waals surface area contributed by atoms with E-state index < -0.39 is 5.82 Å². The van der Waals surface area contributed by atoms with Crippen LogP contribution >= 0.6 is 0 Å². The number of fused-ring (bicyclic) bond motifs is 1. The molecule has 1 aromatic heterocycles. The molecule has 2 aliphatic heterocycles. The molecule has 2 N–H and O–H groups in total. The zero-order chi connectivity index (χ0) is 23.5. The lowest BCUT2D eigenvalue weighted by Gasteiger charge is -2.45. The van der Waals surface area contributed by atoms with E-state index in [-0.39, 0.29) is 35.9 Å². The summed E-state index contributed by atoms with van der Waals surface area (Å²) in [6.45, 7) is 7.01. The molecule has 3 unspecified atom stereocenters. The van der Waals surface area contributed by atoms with Gasteiger partial charge in [-0.15, -0.1) is 0 Å². The number of pyridine rings is 1. The maximum absolute atomic E-state index is 13.4. The molecule has 3 heterocycles. The van der Waals surface area contributed by atoms with E-state index in [9.17, 15) is 14.0 Å². The van der Waals surface area contributed by atoms with E-state index in [0.717, 1.165) is 30.5 Å². The number of aromatic nitrogens is 1. The van der Waals surface area contributed by atoms with Crippen molar-refractivity contribution in [3.8, 4) is 0 Å². The van der Waals surface area contributed by atoms with Crippen molar-refractivity contribution in [2.45, 2.75) is 58.2 Å². The second kappa shape index (κ2) is 9.87. The standard InChI is InChI=1S/C25H31FN4O3/c1-4-21-15(2)24(29-23-8-6-18(26)14-27-23)20-13-17(5-7-22(20)30(21)16(3)31)25(32)28-19-9-11-33-12-10-19/h5-8,13-15,19,21,24H,4,9-12H2,1-3H3,(H,27,29)(H,28,32). The van der Waals surface area contributed by atoms with Crippen LogP contribution in [0.1, 0.15) is 62.0 Å². The number of anilines is 2. The van der Waals surface area contributed by atoms with Gasteiger partial charge in [-0.05, 0) is 55.2 Å². The predicted molar refractivity (Wildman–Crippen MR) is 125 cm³/mol. The van der Waals surface area contributed by atoms with Crippen LogP contribution in [0.4, 0.5) is 15.9 Å². The molecule has 0 radical (unpaired) electrons. The van der Waals surface area contributed by atoms with Crippen molar-refractivity contribution in [2.24, 2.45) is 5.92 Å². The fourth-order valence-electron chi connectivity index (χ4n) is 4.98. The van der Waals surface area contributed by atoms with Crippen molar-refractivity contribution < 1.29 is 18.7 Å². The lowest BCUT2D eigenvalue weighted by atomic mass is 9.80. The Hall–Kier alpha value is -3.00. The molecular weight excluding hydrogens is 423 g/mol. The van der Waals surface area contributed by atoms with Crippen LogP contribution in [0.25, 0.3) is 0 Å².